The molecule has 1 amide bonds. The minimum Gasteiger partial charge on any atom is -0.493 e. The second-order valence-corrected chi connectivity index (χ2v) is 7.07. The van der Waals surface area contributed by atoms with Gasteiger partial charge in [-0.05, 0) is 49.2 Å². The van der Waals surface area contributed by atoms with E-state index in [1.54, 1.807) is 25.3 Å². The van der Waals surface area contributed by atoms with Gasteiger partial charge in [0, 0.05) is 5.56 Å². The van der Waals surface area contributed by atoms with Crippen LogP contribution in [-0.2, 0) is 6.54 Å². The van der Waals surface area contributed by atoms with Crippen LogP contribution in [0.25, 0.3) is 10.2 Å². The number of methoxy groups -OCH3 is 2. The van der Waals surface area contributed by atoms with Gasteiger partial charge >= 0.3 is 0 Å². The highest BCUT2D eigenvalue weighted by Crippen LogP contribution is 2.28. The molecular weight excluding hydrogens is 360 g/mol. The van der Waals surface area contributed by atoms with Crippen molar-refractivity contribution in [3.05, 3.63) is 51.8 Å². The molecule has 1 heterocycles. The first-order chi connectivity index (χ1) is 13.0. The Balaban J connectivity index is 2.15. The average molecular weight is 380 g/mol. The zero-order valence-corrected chi connectivity index (χ0v) is 16.5. The fourth-order valence-corrected chi connectivity index (χ4v) is 4.04. The maximum Gasteiger partial charge on any atom is 0.279 e. The SMILES string of the molecule is C#CCn1c(=NC(=O)c2ccc(OC)c(OC)c2)sc2c(C)cc(C)cc21. The van der Waals surface area contributed by atoms with Gasteiger partial charge in [0.15, 0.2) is 16.3 Å². The van der Waals surface area contributed by atoms with E-state index in [2.05, 4.69) is 23.0 Å². The third kappa shape index (κ3) is 3.60. The molecule has 0 aliphatic rings. The Morgan fingerprint density at radius 3 is 2.59 bits per heavy atom. The topological polar surface area (TPSA) is 52.8 Å². The number of aryl methyl sites for hydroxylation is 2. The van der Waals surface area contributed by atoms with Crippen molar-refractivity contribution in [1.29, 1.82) is 0 Å². The van der Waals surface area contributed by atoms with Crippen LogP contribution in [0.2, 0.25) is 0 Å². The van der Waals surface area contributed by atoms with Gasteiger partial charge in [-0.25, -0.2) is 0 Å². The van der Waals surface area contributed by atoms with Crippen LogP contribution in [0.1, 0.15) is 21.5 Å². The maximum atomic E-state index is 12.7. The molecule has 1 aromatic heterocycles. The Kier molecular flexibility index (Phi) is 5.33. The summed E-state index contributed by atoms with van der Waals surface area (Å²) in [5.74, 6) is 3.33. The number of nitrogens with zero attached hydrogens (tertiary/aromatic N) is 2. The lowest BCUT2D eigenvalue weighted by Crippen LogP contribution is -2.16. The van der Waals surface area contributed by atoms with Crippen LogP contribution in [0.4, 0.5) is 0 Å². The predicted octanol–water partition coefficient (Wildman–Crippen LogP) is 3.71. The number of amides is 1. The van der Waals surface area contributed by atoms with Gasteiger partial charge in [-0.2, -0.15) is 4.99 Å². The number of thiazole rings is 1. The molecule has 0 N–H and O–H groups in total. The summed E-state index contributed by atoms with van der Waals surface area (Å²) in [4.78, 5) is 17.7. The predicted molar refractivity (Wildman–Crippen MR) is 108 cm³/mol. The quantitative estimate of drug-likeness (QED) is 0.649. The second kappa shape index (κ2) is 7.68. The van der Waals surface area contributed by atoms with Crippen molar-refractivity contribution in [2.45, 2.75) is 20.4 Å². The minimum atomic E-state index is -0.359. The second-order valence-electron chi connectivity index (χ2n) is 6.09. The monoisotopic (exact) mass is 380 g/mol. The van der Waals surface area contributed by atoms with Crippen LogP contribution in [0.5, 0.6) is 11.5 Å². The molecule has 0 saturated heterocycles. The van der Waals surface area contributed by atoms with E-state index in [1.165, 1.54) is 18.4 Å². The van der Waals surface area contributed by atoms with Crippen LogP contribution in [0.15, 0.2) is 35.3 Å². The molecule has 3 rings (SSSR count). The van der Waals surface area contributed by atoms with Gasteiger partial charge in [-0.15, -0.1) is 6.42 Å². The van der Waals surface area contributed by atoms with E-state index in [-0.39, 0.29) is 5.91 Å². The number of rotatable bonds is 4. The standard InChI is InChI=1S/C21H20N2O3S/c1-6-9-23-16-11-13(2)10-14(3)19(16)27-21(23)22-20(24)15-7-8-17(25-4)18(12-15)26-5/h1,7-8,10-12H,9H2,2-5H3. The number of benzene rings is 2. The third-order valence-electron chi connectivity index (χ3n) is 4.19. The number of fused-ring (bicyclic) bond motifs is 1. The summed E-state index contributed by atoms with van der Waals surface area (Å²) in [5.41, 5.74) is 3.70. The molecule has 0 aliphatic carbocycles. The molecule has 0 bridgehead atoms. The largest absolute Gasteiger partial charge is 0.493 e. The molecule has 0 spiro atoms. The molecule has 6 heteroatoms. The molecule has 0 radical (unpaired) electrons. The Morgan fingerprint density at radius 2 is 1.93 bits per heavy atom. The molecule has 0 saturated carbocycles. The van der Waals surface area contributed by atoms with Gasteiger partial charge < -0.3 is 14.0 Å². The number of hydrogen-bond acceptors (Lipinski definition) is 4. The molecule has 0 fully saturated rings. The fraction of sp³-hybridized carbons (Fsp3) is 0.238. The van der Waals surface area contributed by atoms with Crippen LogP contribution in [0, 0.1) is 26.2 Å². The summed E-state index contributed by atoms with van der Waals surface area (Å²) in [6.45, 7) is 4.43. The summed E-state index contributed by atoms with van der Waals surface area (Å²) in [6, 6.07) is 9.16. The number of ether oxygens (including phenoxy) is 2. The minimum absolute atomic E-state index is 0.348. The lowest BCUT2D eigenvalue weighted by Gasteiger charge is -2.07. The van der Waals surface area contributed by atoms with E-state index >= 15 is 0 Å². The Hall–Kier alpha value is -3.04. The van der Waals surface area contributed by atoms with Gasteiger partial charge in [-0.3, -0.25) is 4.79 Å². The first-order valence-electron chi connectivity index (χ1n) is 8.33. The molecule has 5 nitrogen and oxygen atoms in total. The lowest BCUT2D eigenvalue weighted by molar-refractivity contribution is 0.0997. The highest BCUT2D eigenvalue weighted by Gasteiger charge is 2.13. The van der Waals surface area contributed by atoms with Crippen molar-refractivity contribution in [3.63, 3.8) is 0 Å². The maximum absolute atomic E-state index is 12.7. The fourth-order valence-electron chi connectivity index (χ4n) is 2.96. The van der Waals surface area contributed by atoms with Crippen molar-refractivity contribution in [2.24, 2.45) is 4.99 Å². The first kappa shape index (κ1) is 18.7. The molecule has 0 unspecified atom stereocenters. The Labute approximate surface area is 161 Å². The van der Waals surface area contributed by atoms with Crippen LogP contribution in [-0.4, -0.2) is 24.7 Å². The number of carbonyl (C=O) groups is 1. The van der Waals surface area contributed by atoms with E-state index < -0.39 is 0 Å². The molecule has 27 heavy (non-hydrogen) atoms. The summed E-state index contributed by atoms with van der Waals surface area (Å²) >= 11 is 1.46. The summed E-state index contributed by atoms with van der Waals surface area (Å²) in [5, 5.41) is 0. The summed E-state index contributed by atoms with van der Waals surface area (Å²) < 4.78 is 13.5. The summed E-state index contributed by atoms with van der Waals surface area (Å²) in [7, 11) is 3.08. The van der Waals surface area contributed by atoms with Crippen LogP contribution < -0.4 is 14.3 Å². The van der Waals surface area contributed by atoms with E-state index in [1.807, 2.05) is 18.4 Å². The molecule has 0 aliphatic heterocycles. The van der Waals surface area contributed by atoms with E-state index in [0.29, 0.717) is 28.4 Å². The van der Waals surface area contributed by atoms with Gasteiger partial charge in [-0.1, -0.05) is 23.3 Å². The third-order valence-corrected chi connectivity index (χ3v) is 5.42. The average Bonchev–Trinajstić information content (AvgIpc) is 2.99. The molecule has 0 atom stereocenters. The molecule has 3 aromatic rings. The zero-order valence-electron chi connectivity index (χ0n) is 15.7. The lowest BCUT2D eigenvalue weighted by atomic mass is 10.1. The van der Waals surface area contributed by atoms with Gasteiger partial charge in [0.2, 0.25) is 0 Å². The number of carbonyl (C=O) groups excluding carboxylic acids is 1. The highest BCUT2D eigenvalue weighted by atomic mass is 32.1. The van der Waals surface area contributed by atoms with Crippen molar-refractivity contribution in [3.8, 4) is 23.8 Å². The normalized spacial score (nSPS) is 11.4. The van der Waals surface area contributed by atoms with Crippen molar-refractivity contribution in [1.82, 2.24) is 4.57 Å². The van der Waals surface area contributed by atoms with Crippen molar-refractivity contribution >= 4 is 27.5 Å². The molecule has 138 valence electrons. The van der Waals surface area contributed by atoms with Gasteiger partial charge in [0.1, 0.15) is 0 Å². The zero-order chi connectivity index (χ0) is 19.6. The van der Waals surface area contributed by atoms with Crippen LogP contribution >= 0.6 is 11.3 Å². The Bertz CT molecular complexity index is 1130. The smallest absolute Gasteiger partial charge is 0.279 e. The van der Waals surface area contributed by atoms with Crippen molar-refractivity contribution in [2.75, 3.05) is 14.2 Å². The van der Waals surface area contributed by atoms with E-state index in [9.17, 15) is 4.79 Å². The molecular formula is C21H20N2O3S. The van der Waals surface area contributed by atoms with Gasteiger partial charge in [0.25, 0.3) is 5.91 Å². The van der Waals surface area contributed by atoms with E-state index in [4.69, 9.17) is 15.9 Å². The van der Waals surface area contributed by atoms with Crippen LogP contribution in [0.3, 0.4) is 0 Å². The highest BCUT2D eigenvalue weighted by molar-refractivity contribution is 7.16. The summed E-state index contributed by atoms with van der Waals surface area (Å²) in [6.07, 6.45) is 5.54. The van der Waals surface area contributed by atoms with Crippen molar-refractivity contribution < 1.29 is 14.3 Å². The number of aromatic nitrogens is 1. The first-order valence-corrected chi connectivity index (χ1v) is 9.15. The van der Waals surface area contributed by atoms with E-state index in [0.717, 1.165) is 21.3 Å². The van der Waals surface area contributed by atoms with Gasteiger partial charge in [0.05, 0.1) is 31.0 Å². The molecule has 2 aromatic carbocycles. The number of hydrogen-bond donors (Lipinski definition) is 0. The Morgan fingerprint density at radius 1 is 1.19 bits per heavy atom. The number of terminal acetylenes is 1.